The third kappa shape index (κ3) is 2.69. The predicted molar refractivity (Wildman–Crippen MR) is 80.2 cm³/mol. The van der Waals surface area contributed by atoms with E-state index in [2.05, 4.69) is 5.32 Å². The summed E-state index contributed by atoms with van der Waals surface area (Å²) in [7, 11) is 0. The van der Waals surface area contributed by atoms with Crippen molar-refractivity contribution in [3.63, 3.8) is 0 Å². The molecular weight excluding hydrogens is 274 g/mol. The molecule has 4 nitrogen and oxygen atoms in total. The van der Waals surface area contributed by atoms with Crippen LogP contribution in [0.1, 0.15) is 22.5 Å². The number of aliphatic hydroxyl groups is 1. The lowest BCUT2D eigenvalue weighted by molar-refractivity contribution is 0.0603. The summed E-state index contributed by atoms with van der Waals surface area (Å²) in [4.78, 5) is 12.1. The van der Waals surface area contributed by atoms with Crippen molar-refractivity contribution in [2.45, 2.75) is 18.9 Å². The van der Waals surface area contributed by atoms with Crippen LogP contribution in [0.2, 0.25) is 0 Å². The Kier molecular flexibility index (Phi) is 3.48. The van der Waals surface area contributed by atoms with Gasteiger partial charge in [0.2, 0.25) is 0 Å². The van der Waals surface area contributed by atoms with E-state index >= 15 is 0 Å². The lowest BCUT2D eigenvalue weighted by Gasteiger charge is -2.20. The molecule has 0 radical (unpaired) electrons. The highest BCUT2D eigenvalue weighted by Gasteiger charge is 2.32. The summed E-state index contributed by atoms with van der Waals surface area (Å²) in [6.45, 7) is 2.27. The second-order valence-corrected chi connectivity index (χ2v) is 6.47. The monoisotopic (exact) mass is 291 g/mol. The Balaban J connectivity index is 1.72. The zero-order chi connectivity index (χ0) is 14.2. The first-order valence-electron chi connectivity index (χ1n) is 6.64. The summed E-state index contributed by atoms with van der Waals surface area (Å²) in [6, 6.07) is 7.54. The zero-order valence-electron chi connectivity index (χ0n) is 11.3. The van der Waals surface area contributed by atoms with Crippen LogP contribution in [0.3, 0.4) is 0 Å². The maximum Gasteiger partial charge on any atom is 0.287 e. The number of thioether (sulfide) groups is 1. The molecule has 2 aromatic rings. The molecule has 1 aromatic carbocycles. The third-order valence-electron chi connectivity index (χ3n) is 3.56. The van der Waals surface area contributed by atoms with Gasteiger partial charge in [-0.2, -0.15) is 11.8 Å². The van der Waals surface area contributed by atoms with E-state index in [0.29, 0.717) is 17.1 Å². The average Bonchev–Trinajstić information content (AvgIpc) is 3.02. The van der Waals surface area contributed by atoms with Crippen LogP contribution < -0.4 is 5.32 Å². The summed E-state index contributed by atoms with van der Waals surface area (Å²) in [6.07, 6.45) is 0.720. The molecule has 1 atom stereocenters. The van der Waals surface area contributed by atoms with Crippen molar-refractivity contribution in [3.05, 3.63) is 35.6 Å². The number of hydrogen-bond acceptors (Lipinski definition) is 4. The maximum absolute atomic E-state index is 12.1. The lowest BCUT2D eigenvalue weighted by atomic mass is 10.0. The fourth-order valence-electron chi connectivity index (χ4n) is 2.34. The Labute approximate surface area is 121 Å². The van der Waals surface area contributed by atoms with Crippen molar-refractivity contribution in [2.75, 3.05) is 18.1 Å². The Hall–Kier alpha value is -1.46. The number of aryl methyl sites for hydroxylation is 1. The number of amides is 1. The molecule has 106 valence electrons. The average molecular weight is 291 g/mol. The topological polar surface area (TPSA) is 62.5 Å². The van der Waals surface area contributed by atoms with Crippen molar-refractivity contribution in [1.82, 2.24) is 5.32 Å². The van der Waals surface area contributed by atoms with E-state index in [1.807, 2.05) is 25.1 Å². The first-order valence-corrected chi connectivity index (χ1v) is 7.80. The number of carbonyl (C=O) groups excluding carboxylic acids is 1. The molecule has 2 N–H and O–H groups in total. The first kappa shape index (κ1) is 13.5. The molecule has 20 heavy (non-hydrogen) atoms. The summed E-state index contributed by atoms with van der Waals surface area (Å²) >= 11 is 1.71. The molecule has 1 unspecified atom stereocenters. The van der Waals surface area contributed by atoms with Gasteiger partial charge in [-0.05, 0) is 37.3 Å². The van der Waals surface area contributed by atoms with Gasteiger partial charge < -0.3 is 14.8 Å². The Morgan fingerprint density at radius 1 is 1.50 bits per heavy atom. The Bertz CT molecular complexity index is 644. The Morgan fingerprint density at radius 3 is 3.10 bits per heavy atom. The molecule has 5 heteroatoms. The molecule has 1 aliphatic rings. The van der Waals surface area contributed by atoms with Gasteiger partial charge in [0, 0.05) is 17.7 Å². The molecule has 0 saturated carbocycles. The molecule has 1 amide bonds. The van der Waals surface area contributed by atoms with Crippen LogP contribution in [0.25, 0.3) is 11.0 Å². The molecule has 0 bridgehead atoms. The van der Waals surface area contributed by atoms with E-state index in [1.54, 1.807) is 17.8 Å². The molecule has 1 aromatic heterocycles. The normalized spacial score (nSPS) is 22.3. The van der Waals surface area contributed by atoms with Crippen molar-refractivity contribution < 1.29 is 14.3 Å². The van der Waals surface area contributed by atoms with Crippen LogP contribution in [0.4, 0.5) is 0 Å². The highest BCUT2D eigenvalue weighted by Crippen LogP contribution is 2.27. The van der Waals surface area contributed by atoms with Gasteiger partial charge in [-0.15, -0.1) is 0 Å². The SMILES string of the molecule is Cc1ccc2oc(C(=O)NCC3(O)CCSC3)cc2c1. The number of nitrogens with one attached hydrogen (secondary N) is 1. The quantitative estimate of drug-likeness (QED) is 0.911. The number of furan rings is 1. The van der Waals surface area contributed by atoms with Crippen LogP contribution >= 0.6 is 11.8 Å². The fourth-order valence-corrected chi connectivity index (χ4v) is 3.64. The zero-order valence-corrected chi connectivity index (χ0v) is 12.1. The molecule has 0 aliphatic carbocycles. The van der Waals surface area contributed by atoms with Crippen LogP contribution in [-0.4, -0.2) is 34.7 Å². The number of fused-ring (bicyclic) bond motifs is 1. The summed E-state index contributed by atoms with van der Waals surface area (Å²) in [5, 5.41) is 13.9. The Morgan fingerprint density at radius 2 is 2.35 bits per heavy atom. The highest BCUT2D eigenvalue weighted by molar-refractivity contribution is 7.99. The van der Waals surface area contributed by atoms with Crippen LogP contribution in [0.5, 0.6) is 0 Å². The molecule has 1 saturated heterocycles. The van der Waals surface area contributed by atoms with Gasteiger partial charge in [0.1, 0.15) is 5.58 Å². The summed E-state index contributed by atoms with van der Waals surface area (Å²) in [5.74, 6) is 1.63. The van der Waals surface area contributed by atoms with Crippen LogP contribution in [0, 0.1) is 6.92 Å². The maximum atomic E-state index is 12.1. The van der Waals surface area contributed by atoms with Gasteiger partial charge in [-0.3, -0.25) is 4.79 Å². The van der Waals surface area contributed by atoms with E-state index in [-0.39, 0.29) is 12.5 Å². The smallest absolute Gasteiger partial charge is 0.287 e. The predicted octanol–water partition coefficient (Wildman–Crippen LogP) is 2.34. The number of benzene rings is 1. The van der Waals surface area contributed by atoms with Gasteiger partial charge >= 0.3 is 0 Å². The minimum Gasteiger partial charge on any atom is -0.451 e. The number of rotatable bonds is 3. The van der Waals surface area contributed by atoms with Gasteiger partial charge in [-0.1, -0.05) is 11.6 Å². The summed E-state index contributed by atoms with van der Waals surface area (Å²) in [5.41, 5.74) is 1.06. The van der Waals surface area contributed by atoms with Gasteiger partial charge in [-0.25, -0.2) is 0 Å². The molecule has 2 heterocycles. The van der Waals surface area contributed by atoms with E-state index in [4.69, 9.17) is 4.42 Å². The second-order valence-electron chi connectivity index (χ2n) is 5.36. The summed E-state index contributed by atoms with van der Waals surface area (Å²) < 4.78 is 5.53. The lowest BCUT2D eigenvalue weighted by Crippen LogP contribution is -2.42. The van der Waals surface area contributed by atoms with E-state index in [1.165, 1.54) is 0 Å². The van der Waals surface area contributed by atoms with Crippen LogP contribution in [-0.2, 0) is 0 Å². The number of hydrogen-bond donors (Lipinski definition) is 2. The largest absolute Gasteiger partial charge is 0.451 e. The third-order valence-corrected chi connectivity index (χ3v) is 4.79. The highest BCUT2D eigenvalue weighted by atomic mass is 32.2. The van der Waals surface area contributed by atoms with Crippen molar-refractivity contribution in [3.8, 4) is 0 Å². The van der Waals surface area contributed by atoms with Gasteiger partial charge in [0.15, 0.2) is 5.76 Å². The van der Waals surface area contributed by atoms with E-state index in [0.717, 1.165) is 23.1 Å². The van der Waals surface area contributed by atoms with Crippen LogP contribution in [0.15, 0.2) is 28.7 Å². The van der Waals surface area contributed by atoms with Crippen molar-refractivity contribution in [2.24, 2.45) is 0 Å². The molecular formula is C15H17NO3S. The molecule has 1 aliphatic heterocycles. The number of carbonyl (C=O) groups is 1. The molecule has 1 fully saturated rings. The van der Waals surface area contributed by atoms with Crippen molar-refractivity contribution in [1.29, 1.82) is 0 Å². The van der Waals surface area contributed by atoms with E-state index in [9.17, 15) is 9.90 Å². The minimum absolute atomic E-state index is 0.273. The second kappa shape index (κ2) is 5.14. The minimum atomic E-state index is -0.775. The standard InChI is InChI=1S/C15H17NO3S/c1-10-2-3-12-11(6-10)7-13(19-12)14(17)16-8-15(18)4-5-20-9-15/h2-3,6-7,18H,4-5,8-9H2,1H3,(H,16,17). The van der Waals surface area contributed by atoms with E-state index < -0.39 is 5.60 Å². The first-order chi connectivity index (χ1) is 9.56. The fraction of sp³-hybridized carbons (Fsp3) is 0.400. The molecule has 0 spiro atoms. The van der Waals surface area contributed by atoms with Crippen molar-refractivity contribution >= 4 is 28.6 Å². The van der Waals surface area contributed by atoms with Gasteiger partial charge in [0.25, 0.3) is 5.91 Å². The van der Waals surface area contributed by atoms with Gasteiger partial charge in [0.05, 0.1) is 5.60 Å². The molecule has 3 rings (SSSR count).